The van der Waals surface area contributed by atoms with Crippen molar-refractivity contribution in [3.63, 3.8) is 0 Å². The summed E-state index contributed by atoms with van der Waals surface area (Å²) in [6, 6.07) is 0. The summed E-state index contributed by atoms with van der Waals surface area (Å²) in [6.45, 7) is 20.2. The third kappa shape index (κ3) is 8.65. The number of hydrogen-bond acceptors (Lipinski definition) is 4. The second-order valence-corrected chi connectivity index (χ2v) is 10.0. The molecule has 0 aromatic carbocycles. The van der Waals surface area contributed by atoms with Gasteiger partial charge in [0.05, 0.1) is 0 Å². The van der Waals surface area contributed by atoms with Gasteiger partial charge in [0, 0.05) is 12.2 Å². The fourth-order valence-electron chi connectivity index (χ4n) is 4.90. The van der Waals surface area contributed by atoms with Gasteiger partial charge in [-0.25, -0.2) is 9.59 Å². The summed E-state index contributed by atoms with van der Waals surface area (Å²) in [7, 11) is 0. The van der Waals surface area contributed by atoms with Crippen molar-refractivity contribution in [2.24, 2.45) is 35.5 Å². The summed E-state index contributed by atoms with van der Waals surface area (Å²) in [5, 5.41) is 0. The van der Waals surface area contributed by atoms with Gasteiger partial charge in [-0.2, -0.15) is 0 Å². The summed E-state index contributed by atoms with van der Waals surface area (Å²) in [4.78, 5) is 22.4. The van der Waals surface area contributed by atoms with Gasteiger partial charge in [-0.3, -0.25) is 0 Å². The third-order valence-corrected chi connectivity index (χ3v) is 6.79. The van der Waals surface area contributed by atoms with Crippen LogP contribution in [0.2, 0.25) is 0 Å². The van der Waals surface area contributed by atoms with Crippen molar-refractivity contribution in [2.75, 3.05) is 0 Å². The SMILES string of the molecule is C=CC(=O)O[C@@H]1C[C@H](C)CC[C@H]1C(C)C.C=CC(=O)O[C@H]1C[C@@H](C)CC[C@@H]1C(C)C. The standard InChI is InChI=1S/2C13H22O2/c2*1-5-13(14)15-12-8-10(4)6-7-11(12)9(2)3/h2*5,9-12H,1,6-8H2,2-4H3/t2*10-,11+,12-/m10/s1. The first kappa shape index (κ1) is 26.5. The number of carbonyl (C=O) groups excluding carboxylic acids is 2. The number of esters is 2. The Bertz CT molecular complexity index is 515. The molecule has 0 radical (unpaired) electrons. The monoisotopic (exact) mass is 420 g/mol. The topological polar surface area (TPSA) is 52.6 Å². The van der Waals surface area contributed by atoms with Gasteiger partial charge in [-0.1, -0.05) is 67.5 Å². The smallest absolute Gasteiger partial charge is 0.330 e. The molecule has 0 aliphatic heterocycles. The Morgan fingerprint density at radius 1 is 0.733 bits per heavy atom. The Morgan fingerprint density at radius 3 is 1.33 bits per heavy atom. The fourth-order valence-corrected chi connectivity index (χ4v) is 4.90. The van der Waals surface area contributed by atoms with Crippen LogP contribution < -0.4 is 0 Å². The third-order valence-electron chi connectivity index (χ3n) is 6.79. The van der Waals surface area contributed by atoms with Crippen molar-refractivity contribution in [3.05, 3.63) is 25.3 Å². The van der Waals surface area contributed by atoms with Crippen LogP contribution in [0.5, 0.6) is 0 Å². The van der Waals surface area contributed by atoms with Gasteiger partial charge in [0.2, 0.25) is 0 Å². The van der Waals surface area contributed by atoms with Gasteiger partial charge in [0.25, 0.3) is 0 Å². The summed E-state index contributed by atoms with van der Waals surface area (Å²) >= 11 is 0. The lowest BCUT2D eigenvalue weighted by atomic mass is 9.75. The minimum Gasteiger partial charge on any atom is -0.459 e. The number of ether oxygens (including phenoxy) is 2. The second-order valence-electron chi connectivity index (χ2n) is 10.0. The molecule has 0 amide bonds. The Hall–Kier alpha value is -1.58. The molecule has 2 fully saturated rings. The predicted molar refractivity (Wildman–Crippen MR) is 123 cm³/mol. The van der Waals surface area contributed by atoms with Crippen LogP contribution in [0.4, 0.5) is 0 Å². The van der Waals surface area contributed by atoms with Crippen LogP contribution in [0, 0.1) is 35.5 Å². The van der Waals surface area contributed by atoms with E-state index < -0.39 is 0 Å². The molecular weight excluding hydrogens is 376 g/mol. The highest BCUT2D eigenvalue weighted by Crippen LogP contribution is 2.36. The molecule has 4 heteroatoms. The maximum atomic E-state index is 11.2. The highest BCUT2D eigenvalue weighted by molar-refractivity contribution is 5.81. The molecule has 4 nitrogen and oxygen atoms in total. The first-order valence-corrected chi connectivity index (χ1v) is 11.7. The van der Waals surface area contributed by atoms with E-state index in [1.807, 2.05) is 0 Å². The molecule has 0 saturated heterocycles. The summed E-state index contributed by atoms with van der Waals surface area (Å²) in [5.74, 6) is 2.99. The minimum absolute atomic E-state index is 0.0965. The minimum atomic E-state index is -0.278. The Labute approximate surface area is 184 Å². The van der Waals surface area contributed by atoms with Gasteiger partial charge in [-0.15, -0.1) is 0 Å². The molecular formula is C26H44O4. The summed E-state index contributed by atoms with van der Waals surface area (Å²) < 4.78 is 10.9. The molecule has 0 bridgehead atoms. The molecule has 0 aromatic rings. The van der Waals surface area contributed by atoms with Crippen molar-refractivity contribution in [2.45, 2.75) is 92.3 Å². The molecule has 0 spiro atoms. The van der Waals surface area contributed by atoms with E-state index in [2.05, 4.69) is 54.7 Å². The zero-order valence-corrected chi connectivity index (χ0v) is 20.1. The number of carbonyl (C=O) groups is 2. The van der Waals surface area contributed by atoms with Crippen molar-refractivity contribution in [1.82, 2.24) is 0 Å². The van der Waals surface area contributed by atoms with E-state index in [1.54, 1.807) is 0 Å². The molecule has 172 valence electrons. The summed E-state index contributed by atoms with van der Waals surface area (Å²) in [6.07, 6.45) is 9.58. The molecule has 30 heavy (non-hydrogen) atoms. The van der Waals surface area contributed by atoms with Gasteiger partial charge >= 0.3 is 11.9 Å². The molecule has 6 atom stereocenters. The first-order chi connectivity index (χ1) is 14.1. The van der Waals surface area contributed by atoms with Crippen LogP contribution in [0.15, 0.2) is 25.3 Å². The van der Waals surface area contributed by atoms with Crippen molar-refractivity contribution in [3.8, 4) is 0 Å². The molecule has 2 aliphatic carbocycles. The van der Waals surface area contributed by atoms with Crippen LogP contribution in [-0.2, 0) is 19.1 Å². The van der Waals surface area contributed by atoms with Crippen molar-refractivity contribution < 1.29 is 19.1 Å². The zero-order valence-electron chi connectivity index (χ0n) is 20.1. The van der Waals surface area contributed by atoms with Gasteiger partial charge in [-0.05, 0) is 61.2 Å². The van der Waals surface area contributed by atoms with E-state index >= 15 is 0 Å². The van der Waals surface area contributed by atoms with E-state index in [0.29, 0.717) is 35.5 Å². The van der Waals surface area contributed by atoms with Crippen LogP contribution >= 0.6 is 0 Å². The lowest BCUT2D eigenvalue weighted by Crippen LogP contribution is -2.35. The molecule has 2 saturated carbocycles. The van der Waals surface area contributed by atoms with Crippen molar-refractivity contribution in [1.29, 1.82) is 0 Å². The highest BCUT2D eigenvalue weighted by atomic mass is 16.5. The van der Waals surface area contributed by atoms with Gasteiger partial charge in [0.15, 0.2) is 0 Å². The first-order valence-electron chi connectivity index (χ1n) is 11.7. The average molecular weight is 421 g/mol. The Kier molecular flexibility index (Phi) is 11.4. The van der Waals surface area contributed by atoms with E-state index in [0.717, 1.165) is 12.8 Å². The molecule has 0 unspecified atom stereocenters. The van der Waals surface area contributed by atoms with Crippen LogP contribution in [0.3, 0.4) is 0 Å². The van der Waals surface area contributed by atoms with Crippen molar-refractivity contribution >= 4 is 11.9 Å². The van der Waals surface area contributed by atoms with Crippen LogP contribution in [-0.4, -0.2) is 24.1 Å². The lowest BCUT2D eigenvalue weighted by Gasteiger charge is -2.36. The molecule has 0 N–H and O–H groups in total. The van der Waals surface area contributed by atoms with E-state index in [1.165, 1.54) is 37.8 Å². The average Bonchev–Trinajstić information content (AvgIpc) is 2.67. The highest BCUT2D eigenvalue weighted by Gasteiger charge is 2.33. The molecule has 2 rings (SSSR count). The normalized spacial score (nSPS) is 31.3. The van der Waals surface area contributed by atoms with E-state index in [9.17, 15) is 9.59 Å². The quantitative estimate of drug-likeness (QED) is 0.371. The number of hydrogen-bond donors (Lipinski definition) is 0. The fraction of sp³-hybridized carbons (Fsp3) is 0.769. The zero-order chi connectivity index (χ0) is 22.8. The van der Waals surface area contributed by atoms with Gasteiger partial charge in [0.1, 0.15) is 12.2 Å². The van der Waals surface area contributed by atoms with Crippen LogP contribution in [0.25, 0.3) is 0 Å². The second kappa shape index (κ2) is 13.0. The maximum absolute atomic E-state index is 11.2. The van der Waals surface area contributed by atoms with Gasteiger partial charge < -0.3 is 9.47 Å². The maximum Gasteiger partial charge on any atom is 0.330 e. The van der Waals surface area contributed by atoms with Crippen LogP contribution in [0.1, 0.15) is 80.1 Å². The lowest BCUT2D eigenvalue weighted by molar-refractivity contribution is -0.150. The van der Waals surface area contributed by atoms with E-state index in [-0.39, 0.29) is 24.1 Å². The molecule has 0 aromatic heterocycles. The number of rotatable bonds is 6. The molecule has 0 heterocycles. The van der Waals surface area contributed by atoms with E-state index in [4.69, 9.17) is 9.47 Å². The molecule has 2 aliphatic rings. The largest absolute Gasteiger partial charge is 0.459 e. The Balaban J connectivity index is 0.000000300. The Morgan fingerprint density at radius 2 is 1.07 bits per heavy atom. The summed E-state index contributed by atoms with van der Waals surface area (Å²) in [5.41, 5.74) is 0. The predicted octanol–water partition coefficient (Wildman–Crippen LogP) is 6.35.